The summed E-state index contributed by atoms with van der Waals surface area (Å²) in [5, 5.41) is 3.46. The molecule has 0 radical (unpaired) electrons. The maximum absolute atomic E-state index is 5.41. The van der Waals surface area contributed by atoms with E-state index in [9.17, 15) is 0 Å². The van der Waals surface area contributed by atoms with Gasteiger partial charge in [0.1, 0.15) is 5.75 Å². The molecule has 0 saturated carbocycles. The molecule has 0 heterocycles. The molecule has 1 unspecified atom stereocenters. The van der Waals surface area contributed by atoms with Crippen LogP contribution in [0.5, 0.6) is 5.75 Å². The Hall–Kier alpha value is -0.580. The van der Waals surface area contributed by atoms with Gasteiger partial charge in [-0.05, 0) is 25.1 Å². The van der Waals surface area contributed by atoms with Crippen molar-refractivity contribution in [3.05, 3.63) is 28.2 Å². The van der Waals surface area contributed by atoms with Crippen LogP contribution in [0, 0.1) is 0 Å². The third-order valence-electron chi connectivity index (χ3n) is 2.55. The molecule has 1 rings (SSSR count). The molecular formula is C13H20BrNO2. The Morgan fingerprint density at radius 2 is 2.12 bits per heavy atom. The highest BCUT2D eigenvalue weighted by Crippen LogP contribution is 2.28. The molecule has 17 heavy (non-hydrogen) atoms. The summed E-state index contributed by atoms with van der Waals surface area (Å²) < 4.78 is 11.7. The standard InChI is InChI=1S/C13H20BrNO2/c1-4-7-15-12(9-16-2)11-6-5-10(14)8-13(11)17-3/h5-6,8,12,15H,4,7,9H2,1-3H3. The van der Waals surface area contributed by atoms with E-state index in [0.29, 0.717) is 6.61 Å². The second-order valence-electron chi connectivity index (χ2n) is 3.85. The van der Waals surface area contributed by atoms with E-state index in [1.54, 1.807) is 14.2 Å². The van der Waals surface area contributed by atoms with Crippen molar-refractivity contribution < 1.29 is 9.47 Å². The monoisotopic (exact) mass is 301 g/mol. The first-order valence-corrected chi connectivity index (χ1v) is 6.58. The Bertz CT molecular complexity index is 344. The molecular weight excluding hydrogens is 282 g/mol. The highest BCUT2D eigenvalue weighted by molar-refractivity contribution is 9.10. The fourth-order valence-corrected chi connectivity index (χ4v) is 2.06. The molecule has 0 spiro atoms. The summed E-state index contributed by atoms with van der Waals surface area (Å²) >= 11 is 3.45. The predicted molar refractivity (Wildman–Crippen MR) is 73.6 cm³/mol. The van der Waals surface area contributed by atoms with E-state index in [0.717, 1.165) is 28.8 Å². The van der Waals surface area contributed by atoms with Crippen LogP contribution in [0.3, 0.4) is 0 Å². The first-order chi connectivity index (χ1) is 8.22. The van der Waals surface area contributed by atoms with Crippen LogP contribution in [-0.4, -0.2) is 27.4 Å². The number of methoxy groups -OCH3 is 2. The van der Waals surface area contributed by atoms with Crippen LogP contribution in [0.4, 0.5) is 0 Å². The molecule has 4 heteroatoms. The number of ether oxygens (including phenoxy) is 2. The average Bonchev–Trinajstić information content (AvgIpc) is 2.34. The fraction of sp³-hybridized carbons (Fsp3) is 0.538. The van der Waals surface area contributed by atoms with Gasteiger partial charge in [-0.15, -0.1) is 0 Å². The van der Waals surface area contributed by atoms with Crippen LogP contribution in [0.2, 0.25) is 0 Å². The molecule has 0 aliphatic heterocycles. The van der Waals surface area contributed by atoms with Gasteiger partial charge >= 0.3 is 0 Å². The molecule has 1 aromatic carbocycles. The highest BCUT2D eigenvalue weighted by Gasteiger charge is 2.15. The van der Waals surface area contributed by atoms with Crippen molar-refractivity contribution >= 4 is 15.9 Å². The van der Waals surface area contributed by atoms with E-state index >= 15 is 0 Å². The van der Waals surface area contributed by atoms with Gasteiger partial charge in [0, 0.05) is 17.1 Å². The van der Waals surface area contributed by atoms with Gasteiger partial charge in [-0.25, -0.2) is 0 Å². The lowest BCUT2D eigenvalue weighted by molar-refractivity contribution is 0.165. The minimum atomic E-state index is 0.169. The molecule has 0 aliphatic carbocycles. The summed E-state index contributed by atoms with van der Waals surface area (Å²) in [5.74, 6) is 0.880. The Morgan fingerprint density at radius 3 is 2.71 bits per heavy atom. The predicted octanol–water partition coefficient (Wildman–Crippen LogP) is 3.14. The first-order valence-electron chi connectivity index (χ1n) is 5.78. The molecule has 0 aliphatic rings. The SMILES string of the molecule is CCCNC(COC)c1ccc(Br)cc1OC. The van der Waals surface area contributed by atoms with Gasteiger partial charge in [0.2, 0.25) is 0 Å². The number of hydrogen-bond acceptors (Lipinski definition) is 3. The largest absolute Gasteiger partial charge is 0.496 e. The molecule has 0 bridgehead atoms. The summed E-state index contributed by atoms with van der Waals surface area (Å²) in [6, 6.07) is 6.23. The molecule has 1 atom stereocenters. The molecule has 1 N–H and O–H groups in total. The Balaban J connectivity index is 2.91. The van der Waals surface area contributed by atoms with E-state index in [1.165, 1.54) is 0 Å². The third kappa shape index (κ3) is 4.30. The van der Waals surface area contributed by atoms with Gasteiger partial charge in [-0.1, -0.05) is 28.9 Å². The Kier molecular flexibility index (Phi) is 6.55. The van der Waals surface area contributed by atoms with Gasteiger partial charge in [0.25, 0.3) is 0 Å². The molecule has 0 saturated heterocycles. The molecule has 3 nitrogen and oxygen atoms in total. The van der Waals surface area contributed by atoms with Gasteiger partial charge in [-0.2, -0.15) is 0 Å². The normalized spacial score (nSPS) is 12.5. The molecule has 96 valence electrons. The van der Waals surface area contributed by atoms with Crippen molar-refractivity contribution in [2.45, 2.75) is 19.4 Å². The third-order valence-corrected chi connectivity index (χ3v) is 3.04. The number of rotatable bonds is 7. The van der Waals surface area contributed by atoms with Crippen molar-refractivity contribution in [3.63, 3.8) is 0 Å². The van der Waals surface area contributed by atoms with Crippen molar-refractivity contribution in [3.8, 4) is 5.75 Å². The lowest BCUT2D eigenvalue weighted by atomic mass is 10.1. The lowest BCUT2D eigenvalue weighted by Crippen LogP contribution is -2.26. The zero-order valence-electron chi connectivity index (χ0n) is 10.6. The summed E-state index contributed by atoms with van der Waals surface area (Å²) in [4.78, 5) is 0. The Morgan fingerprint density at radius 1 is 1.35 bits per heavy atom. The van der Waals surface area contributed by atoms with Crippen molar-refractivity contribution in [1.29, 1.82) is 0 Å². The number of halogens is 1. The van der Waals surface area contributed by atoms with Gasteiger partial charge in [0.15, 0.2) is 0 Å². The van der Waals surface area contributed by atoms with Crippen LogP contribution in [-0.2, 0) is 4.74 Å². The minimum absolute atomic E-state index is 0.169. The summed E-state index contributed by atoms with van der Waals surface area (Å²) in [7, 11) is 3.40. The maximum Gasteiger partial charge on any atom is 0.124 e. The number of hydrogen-bond donors (Lipinski definition) is 1. The minimum Gasteiger partial charge on any atom is -0.496 e. The van der Waals surface area contributed by atoms with E-state index in [1.807, 2.05) is 12.1 Å². The summed E-state index contributed by atoms with van der Waals surface area (Å²) in [6.45, 7) is 3.75. The van der Waals surface area contributed by atoms with Gasteiger partial charge < -0.3 is 14.8 Å². The lowest BCUT2D eigenvalue weighted by Gasteiger charge is -2.20. The smallest absolute Gasteiger partial charge is 0.124 e. The average molecular weight is 302 g/mol. The quantitative estimate of drug-likeness (QED) is 0.839. The van der Waals surface area contributed by atoms with E-state index in [-0.39, 0.29) is 6.04 Å². The Labute approximate surface area is 112 Å². The van der Waals surface area contributed by atoms with E-state index in [2.05, 4.69) is 34.2 Å². The number of nitrogens with one attached hydrogen (secondary N) is 1. The van der Waals surface area contributed by atoms with Crippen LogP contribution in [0.15, 0.2) is 22.7 Å². The number of benzene rings is 1. The van der Waals surface area contributed by atoms with Crippen LogP contribution in [0.1, 0.15) is 24.9 Å². The van der Waals surface area contributed by atoms with Crippen LogP contribution >= 0.6 is 15.9 Å². The molecule has 1 aromatic rings. The van der Waals surface area contributed by atoms with Crippen LogP contribution < -0.4 is 10.1 Å². The maximum atomic E-state index is 5.41. The van der Waals surface area contributed by atoms with E-state index in [4.69, 9.17) is 9.47 Å². The zero-order valence-corrected chi connectivity index (χ0v) is 12.2. The van der Waals surface area contributed by atoms with E-state index < -0.39 is 0 Å². The van der Waals surface area contributed by atoms with Crippen molar-refractivity contribution in [1.82, 2.24) is 5.32 Å². The second-order valence-corrected chi connectivity index (χ2v) is 4.76. The van der Waals surface area contributed by atoms with Crippen molar-refractivity contribution in [2.75, 3.05) is 27.4 Å². The summed E-state index contributed by atoms with van der Waals surface area (Å²) in [6.07, 6.45) is 1.10. The van der Waals surface area contributed by atoms with Gasteiger partial charge in [-0.3, -0.25) is 0 Å². The highest BCUT2D eigenvalue weighted by atomic mass is 79.9. The molecule has 0 aromatic heterocycles. The summed E-state index contributed by atoms with van der Waals surface area (Å²) in [5.41, 5.74) is 1.13. The molecule has 0 fully saturated rings. The molecule has 0 amide bonds. The fourth-order valence-electron chi connectivity index (χ4n) is 1.72. The topological polar surface area (TPSA) is 30.5 Å². The second kappa shape index (κ2) is 7.69. The zero-order chi connectivity index (χ0) is 12.7. The van der Waals surface area contributed by atoms with Gasteiger partial charge in [0.05, 0.1) is 19.8 Å². The van der Waals surface area contributed by atoms with Crippen molar-refractivity contribution in [2.24, 2.45) is 0 Å². The van der Waals surface area contributed by atoms with Crippen LogP contribution in [0.25, 0.3) is 0 Å². The first kappa shape index (κ1) is 14.5.